The van der Waals surface area contributed by atoms with Crippen LogP contribution < -0.4 is 14.2 Å². The van der Waals surface area contributed by atoms with Gasteiger partial charge in [0.25, 0.3) is 0 Å². The number of carbonyl (C=O) groups excluding carboxylic acids is 3. The number of ether oxygens (including phenoxy) is 2. The number of allylic oxidation sites excluding steroid dienone is 1. The van der Waals surface area contributed by atoms with Crippen LogP contribution >= 0.6 is 22.9 Å². The lowest BCUT2D eigenvalue weighted by atomic mass is 9.77. The van der Waals surface area contributed by atoms with Crippen molar-refractivity contribution in [2.75, 3.05) is 13.7 Å². The van der Waals surface area contributed by atoms with Crippen molar-refractivity contribution in [1.82, 2.24) is 19.6 Å². The summed E-state index contributed by atoms with van der Waals surface area (Å²) in [5.74, 6) is -1.55. The van der Waals surface area contributed by atoms with Gasteiger partial charge in [0.1, 0.15) is 11.9 Å². The average molecular weight is 830 g/mol. The molecule has 3 aliphatic rings. The molecule has 2 amide bonds. The lowest BCUT2D eigenvalue weighted by molar-refractivity contribution is -0.144. The summed E-state index contributed by atoms with van der Waals surface area (Å²) < 4.78 is 39.9. The highest BCUT2D eigenvalue weighted by Crippen LogP contribution is 2.57. The summed E-state index contributed by atoms with van der Waals surface area (Å²) in [6.45, 7) is 9.83. The number of hydrogen-bond acceptors (Lipinski definition) is 11. The SMILES string of the molecule is C=C[C@@H]1C[C@]1(CC(=O)[C@@H]1C[C@@H](Oc2ncc(OC)c3ccc(Cl)cc23)CN1C(=O)[C@@H](Cc1nc(-c2ccc(C#N)cc2)cs1)C(C)(C)C)C(=O)NS(=O)(=O)C1CC1. The molecular formula is C42H44ClN5O7S2. The molecule has 2 aliphatic carbocycles. The van der Waals surface area contributed by atoms with E-state index in [-0.39, 0.29) is 43.4 Å². The molecule has 2 aromatic carbocycles. The van der Waals surface area contributed by atoms with Gasteiger partial charge in [-0.1, -0.05) is 50.6 Å². The third kappa shape index (κ3) is 8.29. The number of Topliss-reactive ketones (excluding diaryl/α,β-unsaturated/α-hetero) is 1. The summed E-state index contributed by atoms with van der Waals surface area (Å²) in [6, 6.07) is 13.6. The smallest absolute Gasteiger partial charge is 0.240 e. The molecule has 1 saturated heterocycles. The number of ketones is 1. The Labute approximate surface area is 341 Å². The summed E-state index contributed by atoms with van der Waals surface area (Å²) in [6.07, 6.45) is 3.86. The van der Waals surface area contributed by atoms with E-state index in [1.165, 1.54) is 11.3 Å². The fourth-order valence-corrected chi connectivity index (χ4v) is 10.1. The first-order valence-electron chi connectivity index (χ1n) is 18.8. The summed E-state index contributed by atoms with van der Waals surface area (Å²) >= 11 is 7.82. The van der Waals surface area contributed by atoms with E-state index in [1.807, 2.05) is 38.3 Å². The van der Waals surface area contributed by atoms with Crippen LogP contribution in [0.5, 0.6) is 11.6 Å². The first-order valence-corrected chi connectivity index (χ1v) is 21.6. The van der Waals surface area contributed by atoms with Crippen LogP contribution in [0.3, 0.4) is 0 Å². The maximum absolute atomic E-state index is 14.9. The standard InChI is InChI=1S/C42H44ClN5O7S2/c1-6-26-18-42(26,40(51)47-57(52,53)29-12-13-29)19-35(49)34-16-28(55-38-31-15-27(43)11-14-30(31)36(54-5)21-45-38)22-48(34)39(50)32(41(2,3)4)17-37-46-33(23-56-37)25-9-7-24(20-44)8-10-25/h6-11,14-15,21,23,26,28-29,32,34H,1,12-13,16-19,22H2,2-5H3,(H,47,51)/t26-,28-,32-,34+,42-/m1/s1. The fraction of sp³-hybridized carbons (Fsp3) is 0.429. The molecule has 1 N–H and O–H groups in total. The van der Waals surface area contributed by atoms with Crippen molar-refractivity contribution in [1.29, 1.82) is 5.26 Å². The van der Waals surface area contributed by atoms with E-state index in [1.54, 1.807) is 54.6 Å². The topological polar surface area (TPSA) is 169 Å². The molecule has 2 aromatic heterocycles. The van der Waals surface area contributed by atoms with E-state index in [0.29, 0.717) is 41.0 Å². The highest BCUT2D eigenvalue weighted by molar-refractivity contribution is 7.90. The zero-order valence-electron chi connectivity index (χ0n) is 32.2. The molecule has 0 spiro atoms. The highest BCUT2D eigenvalue weighted by Gasteiger charge is 2.61. The van der Waals surface area contributed by atoms with Gasteiger partial charge in [0.15, 0.2) is 5.78 Å². The van der Waals surface area contributed by atoms with Gasteiger partial charge in [-0.05, 0) is 60.9 Å². The molecule has 298 valence electrons. The lowest BCUT2D eigenvalue weighted by Gasteiger charge is -2.35. The normalized spacial score (nSPS) is 22.4. The molecule has 0 radical (unpaired) electrons. The largest absolute Gasteiger partial charge is 0.494 e. The van der Waals surface area contributed by atoms with E-state index in [0.717, 1.165) is 21.7 Å². The fourth-order valence-electron chi connectivity index (χ4n) is 7.71. The van der Waals surface area contributed by atoms with Crippen LogP contribution in [-0.4, -0.2) is 71.9 Å². The number of aromatic nitrogens is 2. The van der Waals surface area contributed by atoms with Gasteiger partial charge in [0.05, 0.1) is 58.9 Å². The van der Waals surface area contributed by atoms with Crippen LogP contribution in [0.15, 0.2) is 66.7 Å². The number of sulfonamides is 1. The predicted octanol–water partition coefficient (Wildman–Crippen LogP) is 6.91. The molecule has 0 unspecified atom stereocenters. The minimum atomic E-state index is -3.86. The average Bonchev–Trinajstić information content (AvgIpc) is 4.07. The molecule has 5 atom stereocenters. The summed E-state index contributed by atoms with van der Waals surface area (Å²) in [5, 5.41) is 13.1. The predicted molar refractivity (Wildman–Crippen MR) is 217 cm³/mol. The number of rotatable bonds is 14. The molecular weight excluding hydrogens is 786 g/mol. The monoisotopic (exact) mass is 829 g/mol. The number of fused-ring (bicyclic) bond motifs is 1. The molecule has 0 bridgehead atoms. The van der Waals surface area contributed by atoms with Crippen molar-refractivity contribution < 1.29 is 32.3 Å². The van der Waals surface area contributed by atoms with Gasteiger partial charge in [-0.25, -0.2) is 18.4 Å². The Morgan fingerprint density at radius 3 is 2.54 bits per heavy atom. The second kappa shape index (κ2) is 15.5. The number of benzene rings is 2. The van der Waals surface area contributed by atoms with Gasteiger partial charge in [0.2, 0.25) is 27.7 Å². The highest BCUT2D eigenvalue weighted by atomic mass is 35.5. The van der Waals surface area contributed by atoms with Gasteiger partial charge in [0, 0.05) is 51.9 Å². The van der Waals surface area contributed by atoms with Crippen molar-refractivity contribution >= 4 is 61.3 Å². The number of hydrogen-bond donors (Lipinski definition) is 1. The molecule has 3 fully saturated rings. The number of thiazole rings is 1. The number of carbonyl (C=O) groups is 3. The number of nitrogens with one attached hydrogen (secondary N) is 1. The van der Waals surface area contributed by atoms with E-state index < -0.39 is 56.0 Å². The van der Waals surface area contributed by atoms with E-state index in [9.17, 15) is 28.1 Å². The molecule has 7 rings (SSSR count). The molecule has 2 saturated carbocycles. The lowest BCUT2D eigenvalue weighted by Crippen LogP contribution is -2.48. The number of likely N-dealkylation sites (tertiary alicyclic amines) is 1. The van der Waals surface area contributed by atoms with Crippen LogP contribution in [0.2, 0.25) is 5.02 Å². The molecule has 1 aliphatic heterocycles. The third-order valence-electron chi connectivity index (χ3n) is 11.3. The van der Waals surface area contributed by atoms with Gasteiger partial charge in [-0.2, -0.15) is 5.26 Å². The number of pyridine rings is 1. The first-order chi connectivity index (χ1) is 27.1. The molecule has 12 nitrogen and oxygen atoms in total. The Kier molecular flexibility index (Phi) is 11.0. The molecule has 4 aromatic rings. The Morgan fingerprint density at radius 2 is 1.91 bits per heavy atom. The number of amides is 2. The van der Waals surface area contributed by atoms with Gasteiger partial charge in [-0.3, -0.25) is 19.1 Å². The maximum Gasteiger partial charge on any atom is 0.240 e. The van der Waals surface area contributed by atoms with Gasteiger partial charge >= 0.3 is 0 Å². The Hall–Kier alpha value is -4.84. The van der Waals surface area contributed by atoms with Crippen molar-refractivity contribution in [3.05, 3.63) is 82.3 Å². The van der Waals surface area contributed by atoms with Crippen LogP contribution in [0.4, 0.5) is 0 Å². The van der Waals surface area contributed by atoms with E-state index >= 15 is 0 Å². The van der Waals surface area contributed by atoms with Gasteiger partial charge < -0.3 is 14.4 Å². The van der Waals surface area contributed by atoms with Crippen LogP contribution in [0.25, 0.3) is 22.0 Å². The third-order valence-corrected chi connectivity index (χ3v) is 14.3. The van der Waals surface area contributed by atoms with Crippen molar-refractivity contribution in [2.45, 2.75) is 76.7 Å². The van der Waals surface area contributed by atoms with Crippen LogP contribution in [0.1, 0.15) is 63.4 Å². The first kappa shape index (κ1) is 40.4. The van der Waals surface area contributed by atoms with E-state index in [4.69, 9.17) is 26.1 Å². The summed E-state index contributed by atoms with van der Waals surface area (Å²) in [4.78, 5) is 54.1. The molecule has 3 heterocycles. The molecule has 15 heteroatoms. The van der Waals surface area contributed by atoms with Crippen LogP contribution in [-0.2, 0) is 30.8 Å². The van der Waals surface area contributed by atoms with Crippen molar-refractivity contribution in [3.63, 3.8) is 0 Å². The Morgan fingerprint density at radius 1 is 1.18 bits per heavy atom. The maximum atomic E-state index is 14.9. The van der Waals surface area contributed by atoms with E-state index in [2.05, 4.69) is 22.4 Å². The zero-order valence-corrected chi connectivity index (χ0v) is 34.5. The van der Waals surface area contributed by atoms with Crippen LogP contribution in [0, 0.1) is 34.0 Å². The zero-order chi connectivity index (χ0) is 40.9. The molecule has 57 heavy (non-hydrogen) atoms. The Balaban J connectivity index is 1.19. The van der Waals surface area contributed by atoms with Gasteiger partial charge in [-0.15, -0.1) is 17.9 Å². The quantitative estimate of drug-likeness (QED) is 0.132. The minimum Gasteiger partial charge on any atom is -0.494 e. The number of methoxy groups -OCH3 is 1. The summed E-state index contributed by atoms with van der Waals surface area (Å²) in [5.41, 5.74) is 0.278. The van der Waals surface area contributed by atoms with Crippen molar-refractivity contribution in [2.24, 2.45) is 22.7 Å². The second-order valence-corrected chi connectivity index (χ2v) is 19.6. The summed E-state index contributed by atoms with van der Waals surface area (Å²) in [7, 11) is -2.32. The number of nitrogens with zero attached hydrogens (tertiary/aromatic N) is 4. The minimum absolute atomic E-state index is 0.0616. The Bertz CT molecular complexity index is 2400. The number of halogens is 1. The number of nitriles is 1. The second-order valence-electron chi connectivity index (χ2n) is 16.3. The van der Waals surface area contributed by atoms with Crippen molar-refractivity contribution in [3.8, 4) is 29.0 Å².